The Balaban J connectivity index is 1.50. The number of halogens is 1. The smallest absolute Gasteiger partial charge is 0.247 e. The maximum Gasteiger partial charge on any atom is 0.247 e. The fourth-order valence-electron chi connectivity index (χ4n) is 8.36. The molecule has 234 valence electrons. The first kappa shape index (κ1) is 32.0. The first-order valence-corrected chi connectivity index (χ1v) is 16.5. The van der Waals surface area contributed by atoms with Gasteiger partial charge in [-0.05, 0) is 115 Å². The van der Waals surface area contributed by atoms with Gasteiger partial charge in [0.15, 0.2) is 11.5 Å². The largest absolute Gasteiger partial charge is 0.493 e. The number of rotatable bonds is 12. The molecular formula is C33H43IN2O7. The summed E-state index contributed by atoms with van der Waals surface area (Å²) in [5.41, 5.74) is 0.824. The van der Waals surface area contributed by atoms with Gasteiger partial charge in [0, 0.05) is 30.6 Å². The van der Waals surface area contributed by atoms with Gasteiger partial charge in [-0.15, -0.1) is 0 Å². The number of carbonyl (C=O) groups is 3. The van der Waals surface area contributed by atoms with Gasteiger partial charge in [-0.2, -0.15) is 0 Å². The van der Waals surface area contributed by atoms with Crippen LogP contribution in [-0.4, -0.2) is 78.3 Å². The number of aldehydes is 1. The fourth-order valence-corrected chi connectivity index (χ4v) is 9.11. The average Bonchev–Trinajstić information content (AvgIpc) is 2.98. The minimum absolute atomic E-state index is 0.0181. The number of aliphatic hydroxyl groups is 2. The van der Waals surface area contributed by atoms with Gasteiger partial charge >= 0.3 is 0 Å². The number of ether oxygens (including phenoxy) is 2. The Hall–Kier alpha value is -2.44. The summed E-state index contributed by atoms with van der Waals surface area (Å²) in [5, 5.41) is 24.0. The summed E-state index contributed by atoms with van der Waals surface area (Å²) in [4.78, 5) is 40.4. The highest BCUT2D eigenvalue weighted by Crippen LogP contribution is 2.60. The van der Waals surface area contributed by atoms with Crippen molar-refractivity contribution in [2.45, 2.75) is 76.5 Å². The number of benzene rings is 1. The molecule has 0 radical (unpaired) electrons. The number of hydrogen-bond acceptors (Lipinski definition) is 7. The highest BCUT2D eigenvalue weighted by Gasteiger charge is 2.53. The van der Waals surface area contributed by atoms with Crippen molar-refractivity contribution >= 4 is 40.7 Å². The van der Waals surface area contributed by atoms with Crippen molar-refractivity contribution in [1.82, 2.24) is 10.2 Å². The summed E-state index contributed by atoms with van der Waals surface area (Å²) in [6, 6.07) is 2.52. The Kier molecular flexibility index (Phi) is 10.2. The normalized spacial score (nSPS) is 31.0. The third-order valence-corrected chi connectivity index (χ3v) is 10.5. The second-order valence-electron chi connectivity index (χ2n) is 12.9. The molecule has 4 fully saturated rings. The second-order valence-corrected chi connectivity index (χ2v) is 14.0. The van der Waals surface area contributed by atoms with E-state index in [1.807, 2.05) is 17.9 Å². The number of hydrogen-bond donors (Lipinski definition) is 3. The molecule has 0 heterocycles. The molecule has 0 aliphatic heterocycles. The van der Waals surface area contributed by atoms with Gasteiger partial charge in [-0.3, -0.25) is 14.4 Å². The highest BCUT2D eigenvalue weighted by atomic mass is 127. The molecule has 0 spiro atoms. The monoisotopic (exact) mass is 706 g/mol. The first-order valence-electron chi connectivity index (χ1n) is 15.4. The quantitative estimate of drug-likeness (QED) is 0.170. The second kappa shape index (κ2) is 13.7. The zero-order valence-electron chi connectivity index (χ0n) is 25.0. The van der Waals surface area contributed by atoms with E-state index in [-0.39, 0.29) is 36.8 Å². The molecule has 2 amide bonds. The van der Waals surface area contributed by atoms with Crippen LogP contribution in [0.4, 0.5) is 0 Å². The van der Waals surface area contributed by atoms with E-state index in [1.165, 1.54) is 26.4 Å². The number of nitrogens with one attached hydrogen (secondary N) is 1. The molecule has 5 aliphatic carbocycles. The lowest BCUT2D eigenvalue weighted by Crippen LogP contribution is -2.59. The van der Waals surface area contributed by atoms with E-state index < -0.39 is 18.2 Å². The number of carbonyl (C=O) groups excluding carboxylic acids is 3. The molecule has 3 unspecified atom stereocenters. The summed E-state index contributed by atoms with van der Waals surface area (Å²) < 4.78 is 12.5. The summed E-state index contributed by atoms with van der Waals surface area (Å²) >= 11 is 2.05. The molecule has 1 aromatic rings. The van der Waals surface area contributed by atoms with Gasteiger partial charge in [-0.1, -0.05) is 13.0 Å². The average molecular weight is 707 g/mol. The molecule has 4 saturated carbocycles. The number of nitrogens with zero attached hydrogens (tertiary/aromatic N) is 1. The van der Waals surface area contributed by atoms with Gasteiger partial charge < -0.3 is 29.9 Å². The highest BCUT2D eigenvalue weighted by molar-refractivity contribution is 14.1. The Morgan fingerprint density at radius 1 is 1.16 bits per heavy atom. The van der Waals surface area contributed by atoms with Crippen LogP contribution in [0.2, 0.25) is 0 Å². The summed E-state index contributed by atoms with van der Waals surface area (Å²) in [6.07, 6.45) is 11.7. The van der Waals surface area contributed by atoms with Gasteiger partial charge in [0.05, 0.1) is 23.3 Å². The lowest BCUT2D eigenvalue weighted by Gasteiger charge is -2.58. The number of methoxy groups -OCH3 is 1. The van der Waals surface area contributed by atoms with Gasteiger partial charge in [0.25, 0.3) is 0 Å². The third kappa shape index (κ3) is 6.96. The molecule has 3 N–H and O–H groups in total. The Labute approximate surface area is 267 Å². The standard InChI is InChI=1S/C33H43IN2O7/c1-3-4-5-29(39)36(19-33-15-20-8-21(16-33)10-22(9-20)17-33)26-13-24(32(41)35-6-7-37)14-27(30(26)40)43-31-25(34)11-23(18-38)12-28(31)42-2/h4-5,11-12,14,18,20-22,26-27,30,37,40H,3,6-10,13,15-17,19H2,1-2H3,(H,35,41). The minimum atomic E-state index is -1.13. The predicted octanol–water partition coefficient (Wildman–Crippen LogP) is 4.04. The lowest BCUT2D eigenvalue weighted by atomic mass is 9.49. The fraction of sp³-hybridized carbons (Fsp3) is 0.606. The Morgan fingerprint density at radius 3 is 2.42 bits per heavy atom. The van der Waals surface area contributed by atoms with Crippen molar-refractivity contribution in [3.05, 3.63) is 45.1 Å². The molecule has 1 aromatic carbocycles. The molecule has 5 aliphatic rings. The van der Waals surface area contributed by atoms with Crippen molar-refractivity contribution in [3.63, 3.8) is 0 Å². The third-order valence-electron chi connectivity index (χ3n) is 9.71. The number of aliphatic hydroxyl groups excluding tert-OH is 2. The van der Waals surface area contributed by atoms with Crippen LogP contribution in [0.25, 0.3) is 0 Å². The van der Waals surface area contributed by atoms with Crippen LogP contribution in [-0.2, 0) is 9.59 Å². The van der Waals surface area contributed by atoms with Crippen LogP contribution in [0.15, 0.2) is 35.9 Å². The molecular weight excluding hydrogens is 663 g/mol. The van der Waals surface area contributed by atoms with Crippen molar-refractivity contribution in [2.24, 2.45) is 23.2 Å². The minimum Gasteiger partial charge on any atom is -0.493 e. The first-order chi connectivity index (χ1) is 20.7. The SMILES string of the molecule is CCC=CC(=O)N(CC12CC3CC(CC(C3)C1)C2)C1CC(C(=O)NCCO)=CC(Oc2c(I)cc(C=O)cc2OC)C1O. The molecule has 3 atom stereocenters. The van der Waals surface area contributed by atoms with Crippen LogP contribution < -0.4 is 14.8 Å². The molecule has 10 heteroatoms. The number of amides is 2. The van der Waals surface area contributed by atoms with E-state index in [0.29, 0.717) is 56.9 Å². The van der Waals surface area contributed by atoms with Crippen molar-refractivity contribution in [2.75, 3.05) is 26.8 Å². The Morgan fingerprint density at radius 2 is 1.84 bits per heavy atom. The molecule has 0 aromatic heterocycles. The van der Waals surface area contributed by atoms with Gasteiger partial charge in [-0.25, -0.2) is 0 Å². The van der Waals surface area contributed by atoms with Crippen LogP contribution in [0.5, 0.6) is 11.5 Å². The van der Waals surface area contributed by atoms with Gasteiger partial charge in [0.2, 0.25) is 11.8 Å². The number of allylic oxidation sites excluding steroid dienone is 1. The molecule has 9 nitrogen and oxygen atoms in total. The van der Waals surface area contributed by atoms with Crippen molar-refractivity contribution in [3.8, 4) is 11.5 Å². The van der Waals surface area contributed by atoms with Crippen LogP contribution >= 0.6 is 22.6 Å². The zero-order valence-corrected chi connectivity index (χ0v) is 27.1. The predicted molar refractivity (Wildman–Crippen MR) is 170 cm³/mol. The Bertz CT molecular complexity index is 1240. The molecule has 0 saturated heterocycles. The van der Waals surface area contributed by atoms with E-state index >= 15 is 0 Å². The van der Waals surface area contributed by atoms with Gasteiger partial charge in [0.1, 0.15) is 18.5 Å². The lowest BCUT2D eigenvalue weighted by molar-refractivity contribution is -0.142. The van der Waals surface area contributed by atoms with Crippen LogP contribution in [0.3, 0.4) is 0 Å². The van der Waals surface area contributed by atoms with Crippen LogP contribution in [0.1, 0.15) is 68.6 Å². The van der Waals surface area contributed by atoms with E-state index in [2.05, 4.69) is 27.9 Å². The van der Waals surface area contributed by atoms with E-state index in [9.17, 15) is 24.6 Å². The zero-order chi connectivity index (χ0) is 30.7. The summed E-state index contributed by atoms with van der Waals surface area (Å²) in [6.45, 7) is 2.40. The maximum absolute atomic E-state index is 13.9. The van der Waals surface area contributed by atoms with Crippen molar-refractivity contribution < 1.29 is 34.1 Å². The summed E-state index contributed by atoms with van der Waals surface area (Å²) in [5.74, 6) is 2.23. The van der Waals surface area contributed by atoms with Crippen molar-refractivity contribution in [1.29, 1.82) is 0 Å². The van der Waals surface area contributed by atoms with Crippen LogP contribution in [0, 0.1) is 26.7 Å². The maximum atomic E-state index is 13.9. The summed E-state index contributed by atoms with van der Waals surface area (Å²) in [7, 11) is 1.47. The molecule has 4 bridgehead atoms. The van der Waals surface area contributed by atoms with E-state index in [0.717, 1.165) is 25.5 Å². The van der Waals surface area contributed by atoms with E-state index in [1.54, 1.807) is 24.3 Å². The van der Waals surface area contributed by atoms with E-state index in [4.69, 9.17) is 9.47 Å². The topological polar surface area (TPSA) is 125 Å². The molecule has 43 heavy (non-hydrogen) atoms. The molecule has 6 rings (SSSR count).